The zero-order chi connectivity index (χ0) is 30.7. The maximum absolute atomic E-state index is 15.1. The Morgan fingerprint density at radius 3 is 2.60 bits per heavy atom. The third kappa shape index (κ3) is 3.94. The predicted octanol–water partition coefficient (Wildman–Crippen LogP) is 6.19. The number of amides is 1. The van der Waals surface area contributed by atoms with Gasteiger partial charge in [0.1, 0.15) is 17.2 Å². The minimum atomic E-state index is -1.41. The van der Waals surface area contributed by atoms with Gasteiger partial charge in [0.25, 0.3) is 0 Å². The molecule has 0 bridgehead atoms. The number of rotatable bonds is 7. The number of nitrogens with zero attached hydrogens (tertiary/aromatic N) is 1. The highest BCUT2D eigenvalue weighted by atomic mass is 16.7. The summed E-state index contributed by atoms with van der Waals surface area (Å²) in [6.07, 6.45) is 4.63. The molecule has 4 aliphatic heterocycles. The third-order valence-corrected chi connectivity index (χ3v) is 9.37. The van der Waals surface area contributed by atoms with Crippen LogP contribution >= 0.6 is 0 Å². The maximum atomic E-state index is 15.1. The zero-order valence-electron chi connectivity index (χ0n) is 24.6. The first-order chi connectivity index (χ1) is 22.0. The van der Waals surface area contributed by atoms with Crippen molar-refractivity contribution < 1.29 is 28.6 Å². The van der Waals surface area contributed by atoms with E-state index in [-0.39, 0.29) is 24.3 Å². The first-order valence-corrected chi connectivity index (χ1v) is 15.2. The largest absolute Gasteiger partial charge is 0.494 e. The molecule has 4 heterocycles. The third-order valence-electron chi connectivity index (χ3n) is 9.37. The number of Topliss-reactive ketones (excluding diaryl/α,β-unsaturated/α-hetero) is 2. The molecule has 0 saturated carbocycles. The molecule has 8 rings (SSSR count). The van der Waals surface area contributed by atoms with E-state index in [1.54, 1.807) is 36.4 Å². The smallest absolute Gasteiger partial charge is 0.238 e. The van der Waals surface area contributed by atoms with E-state index in [1.165, 1.54) is 0 Å². The van der Waals surface area contributed by atoms with Crippen LogP contribution in [0.5, 0.6) is 17.2 Å². The summed E-state index contributed by atoms with van der Waals surface area (Å²) >= 11 is 0. The fourth-order valence-electron chi connectivity index (χ4n) is 7.53. The van der Waals surface area contributed by atoms with Gasteiger partial charge in [-0.25, -0.2) is 0 Å². The van der Waals surface area contributed by atoms with E-state index in [2.05, 4.69) is 5.32 Å². The molecule has 45 heavy (non-hydrogen) atoms. The number of benzene rings is 4. The topological polar surface area (TPSA) is 94.2 Å². The number of carbonyl (C=O) groups is 3. The molecular formula is C37H30N2O6. The Labute approximate surface area is 260 Å². The van der Waals surface area contributed by atoms with Gasteiger partial charge in [-0.2, -0.15) is 0 Å². The van der Waals surface area contributed by atoms with Crippen LogP contribution in [0.15, 0.2) is 97.2 Å². The van der Waals surface area contributed by atoms with Crippen molar-refractivity contribution in [1.82, 2.24) is 4.90 Å². The lowest BCUT2D eigenvalue weighted by molar-refractivity contribution is -0.122. The summed E-state index contributed by atoms with van der Waals surface area (Å²) in [7, 11) is 0. The molecule has 1 fully saturated rings. The molecule has 4 aromatic carbocycles. The maximum Gasteiger partial charge on any atom is 0.238 e. The molecular weight excluding hydrogens is 568 g/mol. The van der Waals surface area contributed by atoms with E-state index < -0.39 is 23.4 Å². The summed E-state index contributed by atoms with van der Waals surface area (Å²) in [5, 5.41) is 3.09. The number of nitrogens with one attached hydrogen (secondary N) is 1. The standard InChI is InChI=1S/C37H30N2O6/c1-2-18-43-25-10-7-9-23(19-25)33(40)31-32(34(41)24-14-15-29-30(20-24)45-21-44-29)39-17-16-22-8-3-4-11-26(22)35(39)37(31)27-12-5-6-13-28(27)38-36(37)42/h3-17,19-20,31-32,35H,2,18,21H2,1H3,(H,38,42)/t31-,32+,35-,37-/m0/s1. The predicted molar refractivity (Wildman–Crippen MR) is 168 cm³/mol. The summed E-state index contributed by atoms with van der Waals surface area (Å²) in [6.45, 7) is 2.59. The highest BCUT2D eigenvalue weighted by Gasteiger charge is 2.70. The number of anilines is 1. The van der Waals surface area contributed by atoms with Crippen molar-refractivity contribution in [3.63, 3.8) is 0 Å². The molecule has 8 nitrogen and oxygen atoms in total. The van der Waals surface area contributed by atoms with Gasteiger partial charge in [0.2, 0.25) is 12.7 Å². The Kier molecular flexibility index (Phi) is 6.27. The summed E-state index contributed by atoms with van der Waals surface area (Å²) < 4.78 is 17.0. The molecule has 0 unspecified atom stereocenters. The van der Waals surface area contributed by atoms with E-state index in [0.29, 0.717) is 46.2 Å². The van der Waals surface area contributed by atoms with Crippen LogP contribution in [0.4, 0.5) is 5.69 Å². The van der Waals surface area contributed by atoms with E-state index in [4.69, 9.17) is 14.2 Å². The van der Waals surface area contributed by atoms with E-state index >= 15 is 4.79 Å². The van der Waals surface area contributed by atoms with Gasteiger partial charge in [-0.05, 0) is 65.6 Å². The van der Waals surface area contributed by atoms with Crippen LogP contribution in [0.1, 0.15) is 56.8 Å². The Morgan fingerprint density at radius 1 is 0.911 bits per heavy atom. The summed E-state index contributed by atoms with van der Waals surface area (Å²) in [6, 6.07) is 25.8. The minimum Gasteiger partial charge on any atom is -0.494 e. The number of carbonyl (C=O) groups excluding carboxylic acids is 3. The van der Waals surface area contributed by atoms with Gasteiger partial charge < -0.3 is 24.4 Å². The Balaban J connectivity index is 1.37. The van der Waals surface area contributed by atoms with Gasteiger partial charge >= 0.3 is 0 Å². The molecule has 0 aliphatic carbocycles. The number of hydrogen-bond acceptors (Lipinski definition) is 7. The first-order valence-electron chi connectivity index (χ1n) is 15.2. The second-order valence-electron chi connectivity index (χ2n) is 11.8. The van der Waals surface area contributed by atoms with Crippen molar-refractivity contribution in [3.05, 3.63) is 125 Å². The molecule has 1 saturated heterocycles. The number of ketones is 2. The summed E-state index contributed by atoms with van der Waals surface area (Å²) in [5.74, 6) is -0.385. The van der Waals surface area contributed by atoms with Gasteiger partial charge in [0.05, 0.1) is 18.6 Å². The molecule has 1 amide bonds. The number of fused-ring (bicyclic) bond motifs is 7. The fourth-order valence-corrected chi connectivity index (χ4v) is 7.53. The Hall–Kier alpha value is -5.37. The normalized spacial score (nSPS) is 23.4. The molecule has 4 aromatic rings. The average molecular weight is 599 g/mol. The van der Waals surface area contributed by atoms with Crippen molar-refractivity contribution in [2.75, 3.05) is 18.7 Å². The van der Waals surface area contributed by atoms with Gasteiger partial charge in [-0.3, -0.25) is 14.4 Å². The molecule has 4 aliphatic rings. The van der Waals surface area contributed by atoms with Crippen LogP contribution in [0.3, 0.4) is 0 Å². The van der Waals surface area contributed by atoms with Crippen LogP contribution in [-0.2, 0) is 10.2 Å². The quantitative estimate of drug-likeness (QED) is 0.254. The lowest BCUT2D eigenvalue weighted by atomic mass is 9.62. The minimum absolute atomic E-state index is 0.0712. The van der Waals surface area contributed by atoms with E-state index in [1.807, 2.05) is 78.7 Å². The zero-order valence-corrected chi connectivity index (χ0v) is 24.6. The SMILES string of the molecule is CCCOc1cccc(C(=O)[C@@H]2[C@H](C(=O)c3ccc4c(c3)OCO4)N3C=Cc4ccccc4[C@H]3[C@@]23C(=O)Nc2ccccc23)c1. The molecule has 4 atom stereocenters. The Morgan fingerprint density at radius 2 is 1.71 bits per heavy atom. The fraction of sp³-hybridized carbons (Fsp3) is 0.216. The number of hydrogen-bond donors (Lipinski definition) is 1. The molecule has 8 heteroatoms. The van der Waals surface area contributed by atoms with Crippen LogP contribution in [0, 0.1) is 5.92 Å². The molecule has 1 spiro atoms. The summed E-state index contributed by atoms with van der Waals surface area (Å²) in [5.41, 5.74) is 2.50. The van der Waals surface area contributed by atoms with Gasteiger partial charge in [0, 0.05) is 23.0 Å². The highest BCUT2D eigenvalue weighted by Crippen LogP contribution is 2.62. The second kappa shape index (κ2) is 10.4. The van der Waals surface area contributed by atoms with E-state index in [0.717, 1.165) is 17.5 Å². The molecule has 0 radical (unpaired) electrons. The van der Waals surface area contributed by atoms with Crippen molar-refractivity contribution in [1.29, 1.82) is 0 Å². The lowest BCUT2D eigenvalue weighted by Gasteiger charge is -2.38. The van der Waals surface area contributed by atoms with Crippen LogP contribution < -0.4 is 19.5 Å². The van der Waals surface area contributed by atoms with E-state index in [9.17, 15) is 9.59 Å². The molecule has 224 valence electrons. The molecule has 1 N–H and O–H groups in total. The monoisotopic (exact) mass is 598 g/mol. The summed E-state index contributed by atoms with van der Waals surface area (Å²) in [4.78, 5) is 46.5. The number of para-hydroxylation sites is 1. The average Bonchev–Trinajstić information content (AvgIpc) is 3.76. The second-order valence-corrected chi connectivity index (χ2v) is 11.8. The first kappa shape index (κ1) is 27.2. The Bertz CT molecular complexity index is 1920. The van der Waals surface area contributed by atoms with Crippen molar-refractivity contribution >= 4 is 29.2 Å². The van der Waals surface area contributed by atoms with Crippen LogP contribution in [0.2, 0.25) is 0 Å². The number of ether oxygens (including phenoxy) is 3. The van der Waals surface area contributed by atoms with Crippen molar-refractivity contribution in [2.45, 2.75) is 30.8 Å². The highest BCUT2D eigenvalue weighted by molar-refractivity contribution is 6.16. The van der Waals surface area contributed by atoms with Gasteiger partial charge in [0.15, 0.2) is 23.1 Å². The molecule has 0 aromatic heterocycles. The van der Waals surface area contributed by atoms with Crippen LogP contribution in [0.25, 0.3) is 6.08 Å². The van der Waals surface area contributed by atoms with Gasteiger partial charge in [-0.15, -0.1) is 0 Å². The van der Waals surface area contributed by atoms with Crippen LogP contribution in [-0.4, -0.2) is 41.8 Å². The van der Waals surface area contributed by atoms with Gasteiger partial charge in [-0.1, -0.05) is 61.5 Å². The van der Waals surface area contributed by atoms with Crippen molar-refractivity contribution in [3.8, 4) is 17.2 Å². The van der Waals surface area contributed by atoms with Crippen molar-refractivity contribution in [2.24, 2.45) is 5.92 Å². The lowest BCUT2D eigenvalue weighted by Crippen LogP contribution is -2.49.